The first-order valence-corrected chi connectivity index (χ1v) is 8.02. The Morgan fingerprint density at radius 3 is 2.55 bits per heavy atom. The molecule has 0 radical (unpaired) electrons. The van der Waals surface area contributed by atoms with Gasteiger partial charge in [-0.3, -0.25) is 9.79 Å². The van der Waals surface area contributed by atoms with E-state index >= 15 is 0 Å². The van der Waals surface area contributed by atoms with Crippen molar-refractivity contribution < 1.29 is 9.53 Å². The Bertz CT molecular complexity index is 477. The SMILES string of the molecule is CCOCCNC(=NC)NCCC(=O)Nc1ccc(Br)cc1. The van der Waals surface area contributed by atoms with Gasteiger partial charge in [0.05, 0.1) is 6.61 Å². The number of nitrogens with one attached hydrogen (secondary N) is 3. The molecule has 0 heterocycles. The number of hydrogen-bond donors (Lipinski definition) is 3. The molecule has 0 spiro atoms. The molecule has 0 saturated heterocycles. The number of halogens is 1. The molecular weight excluding hydrogens is 348 g/mol. The lowest BCUT2D eigenvalue weighted by Gasteiger charge is -2.11. The maximum absolute atomic E-state index is 11.8. The third-order valence-electron chi connectivity index (χ3n) is 2.74. The normalized spacial score (nSPS) is 11.1. The summed E-state index contributed by atoms with van der Waals surface area (Å²) in [5.41, 5.74) is 0.785. The first kappa shape index (κ1) is 18.4. The second kappa shape index (κ2) is 11.0. The number of rotatable bonds is 8. The highest BCUT2D eigenvalue weighted by Crippen LogP contribution is 2.14. The molecule has 122 valence electrons. The number of nitrogens with zero attached hydrogens (tertiary/aromatic N) is 1. The Morgan fingerprint density at radius 2 is 1.91 bits per heavy atom. The molecule has 1 aromatic carbocycles. The van der Waals surface area contributed by atoms with Crippen molar-refractivity contribution in [2.75, 3.05) is 38.7 Å². The van der Waals surface area contributed by atoms with Gasteiger partial charge in [-0.15, -0.1) is 0 Å². The molecule has 1 amide bonds. The van der Waals surface area contributed by atoms with Crippen LogP contribution in [0.1, 0.15) is 13.3 Å². The largest absolute Gasteiger partial charge is 0.380 e. The predicted molar refractivity (Wildman–Crippen MR) is 93.2 cm³/mol. The second-order valence-electron chi connectivity index (χ2n) is 4.43. The Morgan fingerprint density at radius 1 is 1.23 bits per heavy atom. The lowest BCUT2D eigenvalue weighted by atomic mass is 10.3. The Balaban J connectivity index is 2.21. The van der Waals surface area contributed by atoms with Crippen LogP contribution < -0.4 is 16.0 Å². The molecule has 0 aliphatic heterocycles. The topological polar surface area (TPSA) is 74.8 Å². The molecule has 0 aromatic heterocycles. The summed E-state index contributed by atoms with van der Waals surface area (Å²) in [7, 11) is 1.69. The van der Waals surface area contributed by atoms with Gasteiger partial charge in [-0.05, 0) is 31.2 Å². The van der Waals surface area contributed by atoms with Gasteiger partial charge in [0, 0.05) is 43.3 Å². The minimum Gasteiger partial charge on any atom is -0.380 e. The minimum absolute atomic E-state index is 0.0420. The fourth-order valence-corrected chi connectivity index (χ4v) is 1.92. The van der Waals surface area contributed by atoms with Gasteiger partial charge in [-0.2, -0.15) is 0 Å². The van der Waals surface area contributed by atoms with E-state index in [1.165, 1.54) is 0 Å². The van der Waals surface area contributed by atoms with Gasteiger partial charge in [-0.25, -0.2) is 0 Å². The average molecular weight is 371 g/mol. The number of ether oxygens (including phenoxy) is 1. The monoisotopic (exact) mass is 370 g/mol. The van der Waals surface area contributed by atoms with Crippen LogP contribution in [-0.4, -0.2) is 45.2 Å². The highest BCUT2D eigenvalue weighted by atomic mass is 79.9. The van der Waals surface area contributed by atoms with Crippen molar-refractivity contribution in [1.82, 2.24) is 10.6 Å². The smallest absolute Gasteiger partial charge is 0.226 e. The lowest BCUT2D eigenvalue weighted by molar-refractivity contribution is -0.116. The maximum Gasteiger partial charge on any atom is 0.226 e. The minimum atomic E-state index is -0.0420. The van der Waals surface area contributed by atoms with E-state index in [4.69, 9.17) is 4.74 Å². The molecule has 7 heteroatoms. The number of guanidine groups is 1. The van der Waals surface area contributed by atoms with E-state index in [0.29, 0.717) is 38.7 Å². The summed E-state index contributed by atoms with van der Waals surface area (Å²) >= 11 is 3.36. The third-order valence-corrected chi connectivity index (χ3v) is 3.27. The quantitative estimate of drug-likeness (QED) is 0.371. The number of benzene rings is 1. The summed E-state index contributed by atoms with van der Waals surface area (Å²) in [5, 5.41) is 9.04. The molecule has 0 unspecified atom stereocenters. The summed E-state index contributed by atoms with van der Waals surface area (Å²) in [4.78, 5) is 15.9. The molecule has 6 nitrogen and oxygen atoms in total. The average Bonchev–Trinajstić information content (AvgIpc) is 2.52. The Hall–Kier alpha value is -1.60. The van der Waals surface area contributed by atoms with E-state index in [-0.39, 0.29) is 5.91 Å². The summed E-state index contributed by atoms with van der Waals surface area (Å²) in [6.45, 7) is 4.47. The second-order valence-corrected chi connectivity index (χ2v) is 5.34. The van der Waals surface area contributed by atoms with Gasteiger partial charge in [0.15, 0.2) is 5.96 Å². The van der Waals surface area contributed by atoms with Crippen LogP contribution in [0.25, 0.3) is 0 Å². The fourth-order valence-electron chi connectivity index (χ4n) is 1.66. The summed E-state index contributed by atoms with van der Waals surface area (Å²) in [5.74, 6) is 0.621. The number of carbonyl (C=O) groups excluding carboxylic acids is 1. The molecule has 1 aromatic rings. The molecule has 1 rings (SSSR count). The van der Waals surface area contributed by atoms with Crippen LogP contribution in [0.3, 0.4) is 0 Å². The van der Waals surface area contributed by atoms with Crippen LogP contribution in [0.15, 0.2) is 33.7 Å². The van der Waals surface area contributed by atoms with Gasteiger partial charge in [-0.1, -0.05) is 15.9 Å². The van der Waals surface area contributed by atoms with Crippen LogP contribution in [0.4, 0.5) is 5.69 Å². The van der Waals surface area contributed by atoms with Crippen LogP contribution in [-0.2, 0) is 9.53 Å². The van der Waals surface area contributed by atoms with Gasteiger partial charge in [0.1, 0.15) is 0 Å². The van der Waals surface area contributed by atoms with Crippen molar-refractivity contribution in [1.29, 1.82) is 0 Å². The molecule has 0 aliphatic rings. The molecule has 0 fully saturated rings. The van der Waals surface area contributed by atoms with Gasteiger partial charge in [0.2, 0.25) is 5.91 Å². The zero-order chi connectivity index (χ0) is 16.2. The molecule has 3 N–H and O–H groups in total. The van der Waals surface area contributed by atoms with Crippen LogP contribution in [0, 0.1) is 0 Å². The van der Waals surface area contributed by atoms with E-state index in [9.17, 15) is 4.79 Å². The molecule has 0 bridgehead atoms. The van der Waals surface area contributed by atoms with Crippen molar-refractivity contribution in [3.05, 3.63) is 28.7 Å². The first-order valence-electron chi connectivity index (χ1n) is 7.23. The first-order chi connectivity index (χ1) is 10.7. The number of anilines is 1. The molecule has 0 saturated carbocycles. The number of carbonyl (C=O) groups is 1. The molecule has 0 aliphatic carbocycles. The van der Waals surface area contributed by atoms with Gasteiger partial charge < -0.3 is 20.7 Å². The van der Waals surface area contributed by atoms with E-state index in [2.05, 4.69) is 36.9 Å². The van der Waals surface area contributed by atoms with Gasteiger partial charge >= 0.3 is 0 Å². The number of hydrogen-bond acceptors (Lipinski definition) is 3. The molecule has 22 heavy (non-hydrogen) atoms. The highest BCUT2D eigenvalue weighted by molar-refractivity contribution is 9.10. The summed E-state index contributed by atoms with van der Waals surface area (Å²) < 4.78 is 6.21. The van der Waals surface area contributed by atoms with Crippen molar-refractivity contribution in [2.45, 2.75) is 13.3 Å². The Labute approximate surface area is 139 Å². The zero-order valence-electron chi connectivity index (χ0n) is 13.0. The van der Waals surface area contributed by atoms with Crippen LogP contribution in [0.2, 0.25) is 0 Å². The number of amides is 1. The highest BCUT2D eigenvalue weighted by Gasteiger charge is 2.03. The van der Waals surface area contributed by atoms with Crippen molar-refractivity contribution in [3.8, 4) is 0 Å². The number of aliphatic imine (C=N–C) groups is 1. The predicted octanol–water partition coefficient (Wildman–Crippen LogP) is 1.98. The van der Waals surface area contributed by atoms with Gasteiger partial charge in [0.25, 0.3) is 0 Å². The zero-order valence-corrected chi connectivity index (χ0v) is 14.6. The fraction of sp³-hybridized carbons (Fsp3) is 0.467. The Kier molecular flexibility index (Phi) is 9.25. The lowest BCUT2D eigenvalue weighted by Crippen LogP contribution is -2.40. The van der Waals surface area contributed by atoms with Crippen molar-refractivity contribution in [3.63, 3.8) is 0 Å². The molecule has 0 atom stereocenters. The van der Waals surface area contributed by atoms with Crippen LogP contribution in [0.5, 0.6) is 0 Å². The molecular formula is C15H23BrN4O2. The van der Waals surface area contributed by atoms with E-state index in [0.717, 1.165) is 10.2 Å². The van der Waals surface area contributed by atoms with Crippen molar-refractivity contribution >= 4 is 33.5 Å². The summed E-state index contributed by atoms with van der Waals surface area (Å²) in [6.07, 6.45) is 0.363. The van der Waals surface area contributed by atoms with Crippen molar-refractivity contribution in [2.24, 2.45) is 4.99 Å². The third kappa shape index (κ3) is 7.99. The standard InChI is InChI=1S/C15H23BrN4O2/c1-3-22-11-10-19-15(17-2)18-9-8-14(21)20-13-6-4-12(16)5-7-13/h4-7H,3,8-11H2,1-2H3,(H,20,21)(H2,17,18,19). The van der Waals surface area contributed by atoms with E-state index in [1.54, 1.807) is 7.05 Å². The van der Waals surface area contributed by atoms with Crippen LogP contribution >= 0.6 is 15.9 Å². The maximum atomic E-state index is 11.8. The summed E-state index contributed by atoms with van der Waals surface area (Å²) in [6, 6.07) is 7.48. The van der Waals surface area contributed by atoms with E-state index < -0.39 is 0 Å². The van der Waals surface area contributed by atoms with E-state index in [1.807, 2.05) is 31.2 Å².